The quantitative estimate of drug-likeness (QED) is 0.801. The maximum absolute atomic E-state index is 11.5. The van der Waals surface area contributed by atoms with E-state index in [1.807, 2.05) is 0 Å². The number of carboxylic acid groups (broad SMARTS) is 1. The van der Waals surface area contributed by atoms with Crippen molar-refractivity contribution in [3.63, 3.8) is 0 Å². The van der Waals surface area contributed by atoms with Gasteiger partial charge in [0.2, 0.25) is 0 Å². The molecule has 5 heteroatoms. The number of carboxylic acids is 1. The summed E-state index contributed by atoms with van der Waals surface area (Å²) < 4.78 is 11.0. The summed E-state index contributed by atoms with van der Waals surface area (Å²) >= 11 is 0. The maximum atomic E-state index is 11.5. The second-order valence-electron chi connectivity index (χ2n) is 4.33. The second kappa shape index (κ2) is 5.31. The third-order valence-corrected chi connectivity index (χ3v) is 3.06. The van der Waals surface area contributed by atoms with Gasteiger partial charge in [-0.2, -0.15) is 0 Å². The van der Waals surface area contributed by atoms with Crippen LogP contribution in [0.4, 0.5) is 0 Å². The fourth-order valence-corrected chi connectivity index (χ4v) is 2.16. The Morgan fingerprint density at radius 1 is 1.35 bits per heavy atom. The number of carbonyl (C=O) groups is 2. The molecule has 1 saturated heterocycles. The predicted molar refractivity (Wildman–Crippen MR) is 58.4 cm³/mol. The maximum Gasteiger partial charge on any atom is 0.308 e. The van der Waals surface area contributed by atoms with E-state index in [1.54, 1.807) is 0 Å². The van der Waals surface area contributed by atoms with Crippen LogP contribution >= 0.6 is 0 Å². The van der Waals surface area contributed by atoms with Crippen molar-refractivity contribution in [2.24, 2.45) is 0 Å². The molecule has 5 nitrogen and oxygen atoms in total. The van der Waals surface area contributed by atoms with Crippen molar-refractivity contribution < 1.29 is 24.2 Å². The first-order valence-corrected chi connectivity index (χ1v) is 5.88. The number of hydrogen-bond donors (Lipinski definition) is 1. The standard InChI is InChI=1S/C12H16O5/c13-10-1-2-11(9(10)7-12(14)15)17-8-3-5-16-6-4-8/h8H,1-7H2,(H,14,15). The van der Waals surface area contributed by atoms with Crippen LogP contribution in [0.2, 0.25) is 0 Å². The van der Waals surface area contributed by atoms with E-state index in [1.165, 1.54) is 0 Å². The SMILES string of the molecule is O=C(O)CC1=C(OC2CCOCC2)CCC1=O. The van der Waals surface area contributed by atoms with E-state index in [0.717, 1.165) is 12.8 Å². The molecule has 94 valence electrons. The molecule has 2 rings (SSSR count). The molecule has 0 unspecified atom stereocenters. The van der Waals surface area contributed by atoms with Gasteiger partial charge in [-0.3, -0.25) is 9.59 Å². The Morgan fingerprint density at radius 3 is 2.71 bits per heavy atom. The highest BCUT2D eigenvalue weighted by atomic mass is 16.5. The average molecular weight is 240 g/mol. The highest BCUT2D eigenvalue weighted by Crippen LogP contribution is 2.29. The van der Waals surface area contributed by atoms with Crippen LogP contribution in [-0.2, 0) is 19.1 Å². The summed E-state index contributed by atoms with van der Waals surface area (Å²) in [5.41, 5.74) is 0.351. The van der Waals surface area contributed by atoms with Gasteiger partial charge in [-0.05, 0) is 0 Å². The molecule has 0 aromatic rings. The molecular weight excluding hydrogens is 224 g/mol. The Hall–Kier alpha value is -1.36. The summed E-state index contributed by atoms with van der Waals surface area (Å²) in [6.45, 7) is 1.33. The first-order valence-electron chi connectivity index (χ1n) is 5.88. The molecule has 1 N–H and O–H groups in total. The number of allylic oxidation sites excluding steroid dienone is 1. The summed E-state index contributed by atoms with van der Waals surface area (Å²) in [7, 11) is 0. The molecular formula is C12H16O5. The lowest BCUT2D eigenvalue weighted by Crippen LogP contribution is -2.23. The van der Waals surface area contributed by atoms with Crippen LogP contribution < -0.4 is 0 Å². The Morgan fingerprint density at radius 2 is 2.06 bits per heavy atom. The van der Waals surface area contributed by atoms with Gasteiger partial charge in [0.1, 0.15) is 11.9 Å². The van der Waals surface area contributed by atoms with Gasteiger partial charge in [0, 0.05) is 31.3 Å². The fraction of sp³-hybridized carbons (Fsp3) is 0.667. The summed E-state index contributed by atoms with van der Waals surface area (Å²) in [6.07, 6.45) is 2.36. The van der Waals surface area contributed by atoms with Gasteiger partial charge in [0.15, 0.2) is 5.78 Å². The lowest BCUT2D eigenvalue weighted by Gasteiger charge is -2.24. The number of carbonyl (C=O) groups excluding carboxylic acids is 1. The third kappa shape index (κ3) is 3.06. The molecule has 1 aliphatic carbocycles. The van der Waals surface area contributed by atoms with E-state index in [2.05, 4.69) is 0 Å². The molecule has 2 aliphatic rings. The van der Waals surface area contributed by atoms with E-state index >= 15 is 0 Å². The zero-order valence-corrected chi connectivity index (χ0v) is 9.61. The van der Waals surface area contributed by atoms with Gasteiger partial charge >= 0.3 is 5.97 Å². The highest BCUT2D eigenvalue weighted by Gasteiger charge is 2.28. The van der Waals surface area contributed by atoms with Gasteiger partial charge in [0.25, 0.3) is 0 Å². The molecule has 17 heavy (non-hydrogen) atoms. The molecule has 1 heterocycles. The monoisotopic (exact) mass is 240 g/mol. The van der Waals surface area contributed by atoms with Crippen LogP contribution in [0.25, 0.3) is 0 Å². The van der Waals surface area contributed by atoms with E-state index in [9.17, 15) is 9.59 Å². The van der Waals surface area contributed by atoms with Crippen molar-refractivity contribution in [1.29, 1.82) is 0 Å². The highest BCUT2D eigenvalue weighted by molar-refractivity contribution is 6.01. The van der Waals surface area contributed by atoms with Crippen molar-refractivity contribution in [2.75, 3.05) is 13.2 Å². The normalized spacial score (nSPS) is 22.0. The molecule has 1 fully saturated rings. The van der Waals surface area contributed by atoms with Crippen molar-refractivity contribution in [3.8, 4) is 0 Å². The van der Waals surface area contributed by atoms with Crippen molar-refractivity contribution in [2.45, 2.75) is 38.2 Å². The zero-order valence-electron chi connectivity index (χ0n) is 9.61. The van der Waals surface area contributed by atoms with Gasteiger partial charge in [-0.15, -0.1) is 0 Å². The number of ether oxygens (including phenoxy) is 2. The number of Topliss-reactive ketones (excluding diaryl/α,β-unsaturated/α-hetero) is 1. The molecule has 0 aromatic carbocycles. The smallest absolute Gasteiger partial charge is 0.308 e. The average Bonchev–Trinajstić information content (AvgIpc) is 2.62. The summed E-state index contributed by atoms with van der Waals surface area (Å²) in [4.78, 5) is 22.2. The first-order chi connectivity index (χ1) is 8.16. The van der Waals surface area contributed by atoms with Crippen LogP contribution in [0.3, 0.4) is 0 Å². The van der Waals surface area contributed by atoms with Crippen LogP contribution in [0, 0.1) is 0 Å². The Bertz CT molecular complexity index is 352. The zero-order chi connectivity index (χ0) is 12.3. The van der Waals surface area contributed by atoms with Gasteiger partial charge in [0.05, 0.1) is 19.6 Å². The molecule has 0 saturated carbocycles. The number of ketones is 1. The Kier molecular flexibility index (Phi) is 3.78. The van der Waals surface area contributed by atoms with Crippen LogP contribution in [0.5, 0.6) is 0 Å². The fourth-order valence-electron chi connectivity index (χ4n) is 2.16. The van der Waals surface area contributed by atoms with Crippen molar-refractivity contribution in [1.82, 2.24) is 0 Å². The van der Waals surface area contributed by atoms with Gasteiger partial charge in [-0.1, -0.05) is 0 Å². The molecule has 0 radical (unpaired) electrons. The molecule has 0 spiro atoms. The summed E-state index contributed by atoms with van der Waals surface area (Å²) in [6, 6.07) is 0. The molecule has 0 amide bonds. The minimum absolute atomic E-state index is 0.0634. The lowest BCUT2D eigenvalue weighted by molar-refractivity contribution is -0.137. The Balaban J connectivity index is 2.02. The molecule has 0 atom stereocenters. The minimum Gasteiger partial charge on any atom is -0.494 e. The van der Waals surface area contributed by atoms with Gasteiger partial charge in [-0.25, -0.2) is 0 Å². The third-order valence-electron chi connectivity index (χ3n) is 3.06. The molecule has 0 bridgehead atoms. The summed E-state index contributed by atoms with van der Waals surface area (Å²) in [5.74, 6) is -0.484. The topological polar surface area (TPSA) is 72.8 Å². The lowest BCUT2D eigenvalue weighted by atomic mass is 10.1. The minimum atomic E-state index is -0.983. The Labute approximate surface area is 99.4 Å². The molecule has 1 aliphatic heterocycles. The largest absolute Gasteiger partial charge is 0.494 e. The number of rotatable bonds is 4. The van der Waals surface area contributed by atoms with E-state index in [4.69, 9.17) is 14.6 Å². The van der Waals surface area contributed by atoms with Crippen LogP contribution in [-0.4, -0.2) is 36.2 Å². The second-order valence-corrected chi connectivity index (χ2v) is 4.33. The van der Waals surface area contributed by atoms with Crippen molar-refractivity contribution in [3.05, 3.63) is 11.3 Å². The molecule has 0 aromatic heterocycles. The van der Waals surface area contributed by atoms with Crippen molar-refractivity contribution >= 4 is 11.8 Å². The van der Waals surface area contributed by atoms with E-state index in [0.29, 0.717) is 37.4 Å². The van der Waals surface area contributed by atoms with E-state index in [-0.39, 0.29) is 18.3 Å². The first kappa shape index (κ1) is 12.1. The van der Waals surface area contributed by atoms with Gasteiger partial charge < -0.3 is 14.6 Å². The number of aliphatic carboxylic acids is 1. The predicted octanol–water partition coefficient (Wildman–Crippen LogP) is 1.27. The van der Waals surface area contributed by atoms with Crippen LogP contribution in [0.1, 0.15) is 32.1 Å². The summed E-state index contributed by atoms with van der Waals surface area (Å²) in [5, 5.41) is 8.75. The van der Waals surface area contributed by atoms with E-state index < -0.39 is 5.97 Å². The number of hydrogen-bond acceptors (Lipinski definition) is 4. The van der Waals surface area contributed by atoms with Crippen LogP contribution in [0.15, 0.2) is 11.3 Å².